The highest BCUT2D eigenvalue weighted by Gasteiger charge is 2.21. The van der Waals surface area contributed by atoms with Crippen LogP contribution in [-0.2, 0) is 10.5 Å². The van der Waals surface area contributed by atoms with Crippen LogP contribution in [0.15, 0.2) is 77.7 Å². The maximum absolute atomic E-state index is 12.5. The van der Waals surface area contributed by atoms with Crippen molar-refractivity contribution in [1.82, 2.24) is 0 Å². The van der Waals surface area contributed by atoms with Crippen molar-refractivity contribution in [3.05, 3.63) is 88.9 Å². The molecule has 0 unspecified atom stereocenters. The van der Waals surface area contributed by atoms with Crippen molar-refractivity contribution in [3.8, 4) is 0 Å². The zero-order chi connectivity index (χ0) is 20.9. The first-order chi connectivity index (χ1) is 14.6. The quantitative estimate of drug-likeness (QED) is 0.481. The molecule has 0 bridgehead atoms. The monoisotopic (exact) mass is 436 g/mol. The van der Waals surface area contributed by atoms with E-state index in [9.17, 15) is 9.59 Å². The zero-order valence-corrected chi connectivity index (χ0v) is 17.9. The van der Waals surface area contributed by atoms with E-state index in [2.05, 4.69) is 5.32 Å². The normalized spacial score (nSPS) is 13.5. The Kier molecular flexibility index (Phi) is 6.41. The van der Waals surface area contributed by atoms with Crippen molar-refractivity contribution in [2.24, 2.45) is 0 Å². The van der Waals surface area contributed by atoms with E-state index < -0.39 is 0 Å². The number of nitrogens with one attached hydrogen (secondary N) is 1. The third-order valence-corrected chi connectivity index (χ3v) is 6.28. The predicted molar refractivity (Wildman–Crippen MR) is 123 cm³/mol. The van der Waals surface area contributed by atoms with E-state index in [0.29, 0.717) is 17.7 Å². The summed E-state index contributed by atoms with van der Waals surface area (Å²) in [4.78, 5) is 27.3. The van der Waals surface area contributed by atoms with Crippen LogP contribution in [0.3, 0.4) is 0 Å². The highest BCUT2D eigenvalue weighted by atomic mass is 35.5. The third kappa shape index (κ3) is 5.04. The van der Waals surface area contributed by atoms with Gasteiger partial charge in [0, 0.05) is 45.6 Å². The van der Waals surface area contributed by atoms with Crippen LogP contribution >= 0.6 is 23.4 Å². The fourth-order valence-electron chi connectivity index (χ4n) is 3.30. The number of carbonyl (C=O) groups excluding carboxylic acids is 2. The fraction of sp³-hybridized carbons (Fsp3) is 0.167. The standard InChI is InChI=1S/C24H21ClN2O2S/c25-19-7-13-22(14-8-19)30-16-17-3-5-18(6-4-17)24(29)26-20-9-11-21(12-10-20)27-15-1-2-23(27)28/h3-14H,1-2,15-16H2,(H,26,29). The molecule has 0 radical (unpaired) electrons. The molecule has 0 spiro atoms. The lowest BCUT2D eigenvalue weighted by atomic mass is 10.1. The summed E-state index contributed by atoms with van der Waals surface area (Å²) in [5.41, 5.74) is 3.33. The van der Waals surface area contributed by atoms with Crippen molar-refractivity contribution >= 4 is 46.6 Å². The van der Waals surface area contributed by atoms with Gasteiger partial charge in [-0.1, -0.05) is 23.7 Å². The Morgan fingerprint density at radius 3 is 2.30 bits per heavy atom. The molecule has 4 nitrogen and oxygen atoms in total. The van der Waals surface area contributed by atoms with Gasteiger partial charge in [0.15, 0.2) is 0 Å². The number of halogens is 1. The van der Waals surface area contributed by atoms with Gasteiger partial charge in [-0.3, -0.25) is 9.59 Å². The van der Waals surface area contributed by atoms with Gasteiger partial charge in [0.1, 0.15) is 0 Å². The van der Waals surface area contributed by atoms with Gasteiger partial charge in [-0.05, 0) is 72.6 Å². The largest absolute Gasteiger partial charge is 0.322 e. The first-order valence-corrected chi connectivity index (χ1v) is 11.1. The molecule has 2 amide bonds. The van der Waals surface area contributed by atoms with Gasteiger partial charge in [-0.2, -0.15) is 0 Å². The minimum atomic E-state index is -0.156. The van der Waals surface area contributed by atoms with Crippen LogP contribution in [0.2, 0.25) is 5.02 Å². The second kappa shape index (κ2) is 9.37. The van der Waals surface area contributed by atoms with Gasteiger partial charge in [-0.25, -0.2) is 0 Å². The molecule has 1 fully saturated rings. The maximum atomic E-state index is 12.5. The van der Waals surface area contributed by atoms with Gasteiger partial charge in [-0.15, -0.1) is 11.8 Å². The maximum Gasteiger partial charge on any atom is 0.255 e. The molecule has 1 aliphatic heterocycles. The molecule has 3 aromatic rings. The first-order valence-electron chi connectivity index (χ1n) is 9.77. The predicted octanol–water partition coefficient (Wildman–Crippen LogP) is 6.01. The van der Waals surface area contributed by atoms with Crippen molar-refractivity contribution in [3.63, 3.8) is 0 Å². The molecule has 0 atom stereocenters. The molecule has 1 heterocycles. The Morgan fingerprint density at radius 1 is 0.967 bits per heavy atom. The number of rotatable bonds is 6. The molecular formula is C24H21ClN2O2S. The minimum absolute atomic E-state index is 0.154. The lowest BCUT2D eigenvalue weighted by Gasteiger charge is -2.16. The van der Waals surface area contributed by atoms with E-state index in [-0.39, 0.29) is 11.8 Å². The summed E-state index contributed by atoms with van der Waals surface area (Å²) in [5, 5.41) is 3.64. The molecule has 152 valence electrons. The summed E-state index contributed by atoms with van der Waals surface area (Å²) in [6.45, 7) is 0.757. The summed E-state index contributed by atoms with van der Waals surface area (Å²) < 4.78 is 0. The van der Waals surface area contributed by atoms with E-state index in [0.717, 1.165) is 39.9 Å². The van der Waals surface area contributed by atoms with Crippen molar-refractivity contribution in [2.75, 3.05) is 16.8 Å². The number of hydrogen-bond donors (Lipinski definition) is 1. The summed E-state index contributed by atoms with van der Waals surface area (Å²) in [7, 11) is 0. The van der Waals surface area contributed by atoms with Gasteiger partial charge in [0.05, 0.1) is 0 Å². The van der Waals surface area contributed by atoms with Crippen molar-refractivity contribution in [2.45, 2.75) is 23.5 Å². The number of anilines is 2. The number of carbonyl (C=O) groups is 2. The average Bonchev–Trinajstić information content (AvgIpc) is 3.20. The minimum Gasteiger partial charge on any atom is -0.322 e. The Bertz CT molecular complexity index is 1030. The zero-order valence-electron chi connectivity index (χ0n) is 16.3. The average molecular weight is 437 g/mol. The molecule has 1 aliphatic rings. The fourth-order valence-corrected chi connectivity index (χ4v) is 4.28. The number of hydrogen-bond acceptors (Lipinski definition) is 3. The van der Waals surface area contributed by atoms with E-state index in [4.69, 9.17) is 11.6 Å². The Hall–Kier alpha value is -2.76. The first kappa shape index (κ1) is 20.5. The lowest BCUT2D eigenvalue weighted by Crippen LogP contribution is -2.23. The molecular weight excluding hydrogens is 416 g/mol. The Morgan fingerprint density at radius 2 is 1.67 bits per heavy atom. The molecule has 0 saturated carbocycles. The smallest absolute Gasteiger partial charge is 0.255 e. The second-order valence-electron chi connectivity index (χ2n) is 7.09. The second-order valence-corrected chi connectivity index (χ2v) is 8.57. The summed E-state index contributed by atoms with van der Waals surface area (Å²) >= 11 is 7.64. The molecule has 0 aromatic heterocycles. The highest BCUT2D eigenvalue weighted by Crippen LogP contribution is 2.25. The highest BCUT2D eigenvalue weighted by molar-refractivity contribution is 7.98. The van der Waals surface area contributed by atoms with Crippen LogP contribution in [0, 0.1) is 0 Å². The number of amides is 2. The summed E-state index contributed by atoms with van der Waals surface area (Å²) in [6, 6.07) is 22.8. The van der Waals surface area contributed by atoms with Crippen molar-refractivity contribution in [1.29, 1.82) is 0 Å². The van der Waals surface area contributed by atoms with Crippen LogP contribution < -0.4 is 10.2 Å². The van der Waals surface area contributed by atoms with E-state index in [1.807, 2.05) is 72.8 Å². The van der Waals surface area contributed by atoms with Crippen LogP contribution in [0.5, 0.6) is 0 Å². The molecule has 6 heteroatoms. The van der Waals surface area contributed by atoms with Crippen LogP contribution in [0.25, 0.3) is 0 Å². The molecule has 1 saturated heterocycles. The van der Waals surface area contributed by atoms with Crippen LogP contribution in [-0.4, -0.2) is 18.4 Å². The topological polar surface area (TPSA) is 49.4 Å². The van der Waals surface area contributed by atoms with E-state index >= 15 is 0 Å². The Balaban J connectivity index is 1.33. The summed E-state index contributed by atoms with van der Waals surface area (Å²) in [6.07, 6.45) is 1.50. The lowest BCUT2D eigenvalue weighted by molar-refractivity contribution is -0.117. The number of benzene rings is 3. The molecule has 0 aliphatic carbocycles. The number of thioether (sulfide) groups is 1. The van der Waals surface area contributed by atoms with Gasteiger partial charge in [0.2, 0.25) is 5.91 Å². The van der Waals surface area contributed by atoms with E-state index in [1.165, 1.54) is 0 Å². The molecule has 30 heavy (non-hydrogen) atoms. The van der Waals surface area contributed by atoms with Crippen LogP contribution in [0.4, 0.5) is 11.4 Å². The molecule has 1 N–H and O–H groups in total. The molecule has 3 aromatic carbocycles. The van der Waals surface area contributed by atoms with Gasteiger partial charge in [0.25, 0.3) is 5.91 Å². The Labute approximate surface area is 185 Å². The van der Waals surface area contributed by atoms with E-state index in [1.54, 1.807) is 16.7 Å². The number of nitrogens with zero attached hydrogens (tertiary/aromatic N) is 1. The van der Waals surface area contributed by atoms with Crippen molar-refractivity contribution < 1.29 is 9.59 Å². The third-order valence-electron chi connectivity index (χ3n) is 4.95. The van der Waals surface area contributed by atoms with Gasteiger partial charge < -0.3 is 10.2 Å². The van der Waals surface area contributed by atoms with Gasteiger partial charge >= 0.3 is 0 Å². The molecule has 4 rings (SSSR count). The SMILES string of the molecule is O=C(Nc1ccc(N2CCCC2=O)cc1)c1ccc(CSc2ccc(Cl)cc2)cc1. The summed E-state index contributed by atoms with van der Waals surface area (Å²) in [5.74, 6) is 0.818. The van der Waals surface area contributed by atoms with Crippen LogP contribution in [0.1, 0.15) is 28.8 Å².